The lowest BCUT2D eigenvalue weighted by atomic mass is 9.49. The Balaban J connectivity index is 1.35. The van der Waals surface area contributed by atoms with Crippen molar-refractivity contribution in [2.75, 3.05) is 19.1 Å². The van der Waals surface area contributed by atoms with Crippen LogP contribution in [0.3, 0.4) is 0 Å². The molecular formula is C40H41N3O8. The van der Waals surface area contributed by atoms with E-state index in [0.29, 0.717) is 41.8 Å². The summed E-state index contributed by atoms with van der Waals surface area (Å²) in [6.45, 7) is 2.15. The number of phenolic OH excluding ortho intramolecular Hbond substituents is 1. The fourth-order valence-electron chi connectivity index (χ4n) is 9.04. The van der Waals surface area contributed by atoms with Gasteiger partial charge in [-0.15, -0.1) is 0 Å². The summed E-state index contributed by atoms with van der Waals surface area (Å²) in [6, 6.07) is 21.4. The van der Waals surface area contributed by atoms with Crippen LogP contribution in [-0.2, 0) is 29.4 Å². The van der Waals surface area contributed by atoms with E-state index in [-0.39, 0.29) is 43.4 Å². The average Bonchev–Trinajstić information content (AvgIpc) is 3.49. The number of nitrogens with one attached hydrogen (secondary N) is 1. The van der Waals surface area contributed by atoms with Gasteiger partial charge in [-0.25, -0.2) is 0 Å². The minimum absolute atomic E-state index is 0.0255. The summed E-state index contributed by atoms with van der Waals surface area (Å²) < 4.78 is 5.83. The molecule has 4 amide bonds. The number of hydrogen-bond acceptors (Lipinski definition) is 8. The highest BCUT2D eigenvalue weighted by molar-refractivity contribution is 6.13. The van der Waals surface area contributed by atoms with Crippen LogP contribution >= 0.6 is 0 Å². The fourth-order valence-corrected chi connectivity index (χ4v) is 9.04. The minimum Gasteiger partial charge on any atom is -0.508 e. The number of benzene rings is 3. The third-order valence-electron chi connectivity index (χ3n) is 11.3. The predicted octanol–water partition coefficient (Wildman–Crippen LogP) is 5.34. The summed E-state index contributed by atoms with van der Waals surface area (Å²) in [5, 5.41) is 20.6. The molecule has 264 valence electrons. The molecule has 6 atom stereocenters. The van der Waals surface area contributed by atoms with Crippen molar-refractivity contribution in [3.63, 3.8) is 0 Å². The van der Waals surface area contributed by atoms with Crippen molar-refractivity contribution in [1.29, 1.82) is 0 Å². The van der Waals surface area contributed by atoms with E-state index < -0.39 is 52.8 Å². The number of carbonyl (C=O) groups excluding carboxylic acids is 4. The lowest BCUT2D eigenvalue weighted by Gasteiger charge is -2.50. The number of phenols is 1. The Labute approximate surface area is 295 Å². The molecule has 3 aromatic carbocycles. The molecule has 0 radical (unpaired) electrons. The van der Waals surface area contributed by atoms with Crippen LogP contribution in [0.15, 0.2) is 84.4 Å². The first-order chi connectivity index (χ1) is 24.6. The maximum atomic E-state index is 15.2. The van der Waals surface area contributed by atoms with Crippen LogP contribution in [0.1, 0.15) is 61.1 Å². The maximum Gasteiger partial charge on any atom is 0.303 e. The molecule has 0 bridgehead atoms. The molecule has 3 N–H and O–H groups in total. The minimum atomic E-state index is -1.45. The quantitative estimate of drug-likeness (QED) is 0.137. The fraction of sp³-hybridized carbons (Fsp3) is 0.375. The smallest absolute Gasteiger partial charge is 0.303 e. The van der Waals surface area contributed by atoms with E-state index in [4.69, 9.17) is 9.84 Å². The molecule has 2 aliphatic heterocycles. The van der Waals surface area contributed by atoms with Gasteiger partial charge in [0.05, 0.1) is 36.0 Å². The van der Waals surface area contributed by atoms with Crippen molar-refractivity contribution in [2.24, 2.45) is 23.7 Å². The van der Waals surface area contributed by atoms with Crippen molar-refractivity contribution >= 4 is 35.3 Å². The van der Waals surface area contributed by atoms with E-state index in [2.05, 4.69) is 5.43 Å². The Kier molecular flexibility index (Phi) is 8.91. The first-order valence-electron chi connectivity index (χ1n) is 17.5. The first kappa shape index (κ1) is 34.0. The molecule has 4 aliphatic rings. The highest BCUT2D eigenvalue weighted by atomic mass is 16.5. The van der Waals surface area contributed by atoms with Crippen molar-refractivity contribution < 1.29 is 38.9 Å². The number of likely N-dealkylation sites (tertiary alicyclic amines) is 1. The lowest BCUT2D eigenvalue weighted by Crippen LogP contribution is -2.53. The summed E-state index contributed by atoms with van der Waals surface area (Å²) >= 11 is 0. The van der Waals surface area contributed by atoms with E-state index in [0.717, 1.165) is 16.1 Å². The number of aromatic hydroxyl groups is 1. The second-order valence-electron chi connectivity index (χ2n) is 14.1. The molecular weight excluding hydrogens is 650 g/mol. The summed E-state index contributed by atoms with van der Waals surface area (Å²) in [4.78, 5) is 70.3. The van der Waals surface area contributed by atoms with Crippen LogP contribution < -0.4 is 10.2 Å². The van der Waals surface area contributed by atoms with Gasteiger partial charge >= 0.3 is 5.97 Å². The number of fused-ring (bicyclic) bond motifs is 4. The number of imide groups is 2. The number of carbonyl (C=O) groups is 5. The summed E-state index contributed by atoms with van der Waals surface area (Å²) in [5.41, 5.74) is 5.25. The zero-order valence-electron chi connectivity index (χ0n) is 28.6. The molecule has 11 nitrogen and oxygen atoms in total. The normalized spacial score (nSPS) is 26.8. The van der Waals surface area contributed by atoms with Gasteiger partial charge in [0.25, 0.3) is 11.8 Å². The molecule has 1 saturated carbocycles. The van der Waals surface area contributed by atoms with Crippen molar-refractivity contribution in [3.05, 3.63) is 101 Å². The van der Waals surface area contributed by atoms with Crippen molar-refractivity contribution in [3.8, 4) is 11.5 Å². The molecule has 0 aromatic heterocycles. The number of unbranched alkanes of at least 4 members (excludes halogenated alkanes) is 2. The highest BCUT2D eigenvalue weighted by Crippen LogP contribution is 2.65. The van der Waals surface area contributed by atoms with Crippen LogP contribution in [0, 0.1) is 30.6 Å². The highest BCUT2D eigenvalue weighted by Gasteiger charge is 2.70. The van der Waals surface area contributed by atoms with Crippen LogP contribution in [0.2, 0.25) is 0 Å². The van der Waals surface area contributed by atoms with Gasteiger partial charge in [0.1, 0.15) is 11.5 Å². The number of anilines is 1. The van der Waals surface area contributed by atoms with Gasteiger partial charge in [-0.05, 0) is 62.3 Å². The Hall–Kier alpha value is -5.45. The summed E-state index contributed by atoms with van der Waals surface area (Å²) in [5.74, 6) is -5.56. The maximum absolute atomic E-state index is 15.2. The number of hydrazine groups is 1. The number of nitrogens with zero attached hydrogens (tertiary/aromatic N) is 2. The van der Waals surface area contributed by atoms with E-state index in [9.17, 15) is 24.3 Å². The molecule has 7 rings (SSSR count). The third kappa shape index (κ3) is 5.55. The third-order valence-corrected chi connectivity index (χ3v) is 11.3. The van der Waals surface area contributed by atoms with Crippen LogP contribution in [0.5, 0.6) is 11.5 Å². The van der Waals surface area contributed by atoms with E-state index in [1.807, 2.05) is 55.5 Å². The Morgan fingerprint density at radius 1 is 0.922 bits per heavy atom. The largest absolute Gasteiger partial charge is 0.508 e. The summed E-state index contributed by atoms with van der Waals surface area (Å²) in [6.07, 6.45) is 3.98. The average molecular weight is 692 g/mol. The van der Waals surface area contributed by atoms with Crippen molar-refractivity contribution in [1.82, 2.24) is 9.91 Å². The molecule has 0 spiro atoms. The predicted molar refractivity (Wildman–Crippen MR) is 186 cm³/mol. The second-order valence-corrected chi connectivity index (χ2v) is 14.1. The lowest BCUT2D eigenvalue weighted by molar-refractivity contribution is -0.141. The van der Waals surface area contributed by atoms with Gasteiger partial charge in [0, 0.05) is 30.5 Å². The van der Waals surface area contributed by atoms with Crippen LogP contribution in [0.4, 0.5) is 5.69 Å². The molecule has 3 fully saturated rings. The number of amides is 4. The zero-order valence-corrected chi connectivity index (χ0v) is 28.6. The van der Waals surface area contributed by atoms with Gasteiger partial charge in [-0.2, -0.15) is 5.01 Å². The van der Waals surface area contributed by atoms with Gasteiger partial charge in [-0.1, -0.05) is 72.2 Å². The van der Waals surface area contributed by atoms with Crippen LogP contribution in [-0.4, -0.2) is 63.4 Å². The van der Waals surface area contributed by atoms with E-state index in [1.165, 1.54) is 24.1 Å². The zero-order chi connectivity index (χ0) is 36.0. The Morgan fingerprint density at radius 2 is 1.67 bits per heavy atom. The summed E-state index contributed by atoms with van der Waals surface area (Å²) in [7, 11) is 1.48. The molecule has 2 aliphatic carbocycles. The van der Waals surface area contributed by atoms with Gasteiger partial charge < -0.3 is 14.9 Å². The molecule has 6 unspecified atom stereocenters. The number of methoxy groups -OCH3 is 1. The first-order valence-corrected chi connectivity index (χ1v) is 17.5. The van der Waals surface area contributed by atoms with Gasteiger partial charge in [0.15, 0.2) is 0 Å². The van der Waals surface area contributed by atoms with Gasteiger partial charge in [-0.3, -0.25) is 34.3 Å². The molecule has 11 heteroatoms. The Bertz CT molecular complexity index is 1930. The number of ether oxygens (including phenoxy) is 1. The number of rotatable bonds is 11. The number of aliphatic carboxylic acids is 1. The topological polar surface area (TPSA) is 154 Å². The SMILES string of the molecule is COc1cc(O)ccc1C1C2=CCC3C(=O)N(CCCCCC(=O)O)C(=O)C3C2CC2C(=O)N(Nc3ccc(C)cc3)C(=O)C21c1ccccc1. The van der Waals surface area contributed by atoms with E-state index in [1.54, 1.807) is 18.2 Å². The van der Waals surface area contributed by atoms with E-state index >= 15 is 4.79 Å². The number of aryl methyl sites for hydroxylation is 1. The standard InChI is InChI=1S/C40H41N3O8/c1-23-12-14-25(15-13-23)41-43-37(48)31-22-30-27(18-19-29-34(30)38(49)42(36(29)47)20-8-4-7-11-33(45)46)35(28-17-16-26(44)21-32(28)51-2)40(31,39(43)50)24-9-5-3-6-10-24/h3,5-6,9-10,12-18,21,29-31,34-35,41,44H,4,7-8,11,19-20,22H2,1-2H3,(H,45,46). The Morgan fingerprint density at radius 3 is 2.37 bits per heavy atom. The molecule has 2 saturated heterocycles. The van der Waals surface area contributed by atoms with Crippen molar-refractivity contribution in [2.45, 2.75) is 56.8 Å². The molecule has 3 aromatic rings. The number of allylic oxidation sites excluding steroid dienone is 2. The monoisotopic (exact) mass is 691 g/mol. The number of carboxylic acid groups (broad SMARTS) is 1. The molecule has 51 heavy (non-hydrogen) atoms. The molecule has 2 heterocycles. The number of hydrogen-bond donors (Lipinski definition) is 3. The number of carboxylic acids is 1. The second kappa shape index (κ2) is 13.4. The van der Waals surface area contributed by atoms with Crippen LogP contribution in [0.25, 0.3) is 0 Å². The van der Waals surface area contributed by atoms with Gasteiger partial charge in [0.2, 0.25) is 11.8 Å².